The van der Waals surface area contributed by atoms with E-state index in [0.717, 1.165) is 47.5 Å². The predicted molar refractivity (Wildman–Crippen MR) is 111 cm³/mol. The van der Waals surface area contributed by atoms with Gasteiger partial charge in [-0.2, -0.15) is 0 Å². The molecule has 1 fully saturated rings. The molecule has 6 heteroatoms. The largest absolute Gasteiger partial charge is 0.472 e. The van der Waals surface area contributed by atoms with Gasteiger partial charge in [0.05, 0.1) is 17.9 Å². The zero-order chi connectivity index (χ0) is 19.8. The highest BCUT2D eigenvalue weighted by Crippen LogP contribution is 2.32. The van der Waals surface area contributed by atoms with Crippen LogP contribution in [0.1, 0.15) is 35.3 Å². The van der Waals surface area contributed by atoms with E-state index in [1.165, 1.54) is 5.56 Å². The van der Waals surface area contributed by atoms with Crippen molar-refractivity contribution in [1.82, 2.24) is 19.4 Å². The minimum Gasteiger partial charge on any atom is -0.472 e. The number of hydrogen-bond acceptors (Lipinski definition) is 4. The van der Waals surface area contributed by atoms with Crippen LogP contribution in [0.15, 0.2) is 65.6 Å². The molecule has 0 unspecified atom stereocenters. The van der Waals surface area contributed by atoms with E-state index in [1.807, 2.05) is 47.4 Å². The zero-order valence-corrected chi connectivity index (χ0v) is 16.3. The Morgan fingerprint density at radius 2 is 2.07 bits per heavy atom. The van der Waals surface area contributed by atoms with Gasteiger partial charge in [0.1, 0.15) is 17.6 Å². The number of aryl methyl sites for hydroxylation is 1. The normalized spacial score (nSPS) is 16.6. The molecule has 4 heterocycles. The number of imidazole rings is 1. The molecular formula is C23H22N4O2. The van der Waals surface area contributed by atoms with Gasteiger partial charge in [-0.15, -0.1) is 0 Å². The number of carbonyl (C=O) groups excluding carboxylic acids is 1. The summed E-state index contributed by atoms with van der Waals surface area (Å²) in [5, 5.41) is 0. The fourth-order valence-corrected chi connectivity index (χ4v) is 4.07. The van der Waals surface area contributed by atoms with Crippen LogP contribution in [0.3, 0.4) is 0 Å². The molecule has 3 aromatic heterocycles. The first-order chi connectivity index (χ1) is 14.2. The lowest BCUT2D eigenvalue weighted by atomic mass is 10.1. The van der Waals surface area contributed by atoms with Crippen LogP contribution in [0.4, 0.5) is 0 Å². The van der Waals surface area contributed by atoms with Crippen molar-refractivity contribution < 1.29 is 9.21 Å². The van der Waals surface area contributed by atoms with Crippen molar-refractivity contribution in [2.24, 2.45) is 0 Å². The molecule has 0 aliphatic carbocycles. The minimum atomic E-state index is 0.0809. The van der Waals surface area contributed by atoms with Crippen LogP contribution in [-0.4, -0.2) is 38.4 Å². The van der Waals surface area contributed by atoms with Gasteiger partial charge in [-0.05, 0) is 48.7 Å². The standard InChI is InChI=1S/C23H22N4O2/c1-2-16-5-7-17(8-6-16)23(28)26-12-9-19(14-26)27-21(18-10-13-29-15-18)25-20-4-3-11-24-22(20)27/h3-8,10-11,13,15,19H,2,9,12,14H2,1H3/t19-/m0/s1. The lowest BCUT2D eigenvalue weighted by Crippen LogP contribution is -2.29. The number of carbonyl (C=O) groups is 1. The number of nitrogens with zero attached hydrogens (tertiary/aromatic N) is 4. The summed E-state index contributed by atoms with van der Waals surface area (Å²) in [6, 6.07) is 13.8. The van der Waals surface area contributed by atoms with Crippen molar-refractivity contribution in [2.75, 3.05) is 13.1 Å². The molecule has 1 saturated heterocycles. The first-order valence-electron chi connectivity index (χ1n) is 9.98. The Morgan fingerprint density at radius 1 is 1.21 bits per heavy atom. The lowest BCUT2D eigenvalue weighted by Gasteiger charge is -2.19. The second-order valence-corrected chi connectivity index (χ2v) is 7.41. The maximum atomic E-state index is 13.0. The van der Waals surface area contributed by atoms with Crippen molar-refractivity contribution in [1.29, 1.82) is 0 Å². The third-order valence-electron chi connectivity index (χ3n) is 5.65. The van der Waals surface area contributed by atoms with Crippen LogP contribution in [0, 0.1) is 0 Å². The summed E-state index contributed by atoms with van der Waals surface area (Å²) >= 11 is 0. The molecule has 4 aromatic rings. The smallest absolute Gasteiger partial charge is 0.253 e. The molecule has 0 radical (unpaired) electrons. The molecule has 1 aromatic carbocycles. The fraction of sp³-hybridized carbons (Fsp3) is 0.261. The summed E-state index contributed by atoms with van der Waals surface area (Å²) in [6.07, 6.45) is 6.97. The third-order valence-corrected chi connectivity index (χ3v) is 5.65. The highest BCUT2D eigenvalue weighted by molar-refractivity contribution is 5.94. The molecule has 0 bridgehead atoms. The van der Waals surface area contributed by atoms with E-state index in [-0.39, 0.29) is 11.9 Å². The number of rotatable bonds is 4. The van der Waals surface area contributed by atoms with Gasteiger partial charge < -0.3 is 13.9 Å². The number of benzene rings is 1. The lowest BCUT2D eigenvalue weighted by molar-refractivity contribution is 0.0788. The second kappa shape index (κ2) is 7.20. The van der Waals surface area contributed by atoms with E-state index in [2.05, 4.69) is 16.5 Å². The number of pyridine rings is 1. The molecule has 0 spiro atoms. The third kappa shape index (κ3) is 3.10. The minimum absolute atomic E-state index is 0.0809. The van der Waals surface area contributed by atoms with Crippen LogP contribution in [0.25, 0.3) is 22.6 Å². The molecule has 1 aliphatic heterocycles. The van der Waals surface area contributed by atoms with Crippen molar-refractivity contribution in [3.63, 3.8) is 0 Å². The first kappa shape index (κ1) is 17.7. The monoisotopic (exact) mass is 386 g/mol. The summed E-state index contributed by atoms with van der Waals surface area (Å²) in [5.41, 5.74) is 4.59. The van der Waals surface area contributed by atoms with E-state index >= 15 is 0 Å². The Hall–Kier alpha value is -3.41. The van der Waals surface area contributed by atoms with Gasteiger partial charge in [0.2, 0.25) is 0 Å². The van der Waals surface area contributed by atoms with Crippen molar-refractivity contribution in [2.45, 2.75) is 25.8 Å². The Morgan fingerprint density at radius 3 is 2.83 bits per heavy atom. The van der Waals surface area contributed by atoms with E-state index in [4.69, 9.17) is 9.40 Å². The van der Waals surface area contributed by atoms with Gasteiger partial charge in [-0.25, -0.2) is 9.97 Å². The highest BCUT2D eigenvalue weighted by Gasteiger charge is 2.31. The Balaban J connectivity index is 1.46. The maximum absolute atomic E-state index is 13.0. The number of amides is 1. The molecule has 0 saturated carbocycles. The first-order valence-corrected chi connectivity index (χ1v) is 9.98. The number of aromatic nitrogens is 3. The topological polar surface area (TPSA) is 64.2 Å². The van der Waals surface area contributed by atoms with Crippen LogP contribution in [0.5, 0.6) is 0 Å². The molecular weight excluding hydrogens is 364 g/mol. The van der Waals surface area contributed by atoms with Crippen LogP contribution in [0.2, 0.25) is 0 Å². The average molecular weight is 386 g/mol. The molecule has 6 nitrogen and oxygen atoms in total. The van der Waals surface area contributed by atoms with Gasteiger partial charge in [0.15, 0.2) is 5.65 Å². The number of fused-ring (bicyclic) bond motifs is 1. The van der Waals surface area contributed by atoms with Crippen LogP contribution >= 0.6 is 0 Å². The SMILES string of the molecule is CCc1ccc(C(=O)N2CC[C@H](n3c(-c4ccoc4)nc4cccnc43)C2)cc1. The van der Waals surface area contributed by atoms with E-state index < -0.39 is 0 Å². The van der Waals surface area contributed by atoms with Crippen molar-refractivity contribution in [3.05, 3.63) is 72.3 Å². The molecule has 146 valence electrons. The summed E-state index contributed by atoms with van der Waals surface area (Å²) in [6.45, 7) is 3.47. The van der Waals surface area contributed by atoms with Gasteiger partial charge in [-0.1, -0.05) is 19.1 Å². The fourth-order valence-electron chi connectivity index (χ4n) is 4.07. The molecule has 1 amide bonds. The Kier molecular flexibility index (Phi) is 4.39. The zero-order valence-electron chi connectivity index (χ0n) is 16.3. The molecule has 29 heavy (non-hydrogen) atoms. The van der Waals surface area contributed by atoms with E-state index in [1.54, 1.807) is 18.7 Å². The summed E-state index contributed by atoms with van der Waals surface area (Å²) in [5.74, 6) is 0.913. The number of furan rings is 1. The quantitative estimate of drug-likeness (QED) is 0.523. The molecule has 1 atom stereocenters. The summed E-state index contributed by atoms with van der Waals surface area (Å²) in [4.78, 5) is 24.3. The number of likely N-dealkylation sites (tertiary alicyclic amines) is 1. The van der Waals surface area contributed by atoms with E-state index in [9.17, 15) is 4.79 Å². The van der Waals surface area contributed by atoms with Crippen LogP contribution in [-0.2, 0) is 6.42 Å². The van der Waals surface area contributed by atoms with Gasteiger partial charge >= 0.3 is 0 Å². The van der Waals surface area contributed by atoms with Crippen molar-refractivity contribution >= 4 is 17.1 Å². The van der Waals surface area contributed by atoms with Crippen molar-refractivity contribution in [3.8, 4) is 11.4 Å². The van der Waals surface area contributed by atoms with E-state index in [0.29, 0.717) is 6.54 Å². The summed E-state index contributed by atoms with van der Waals surface area (Å²) < 4.78 is 7.44. The Labute approximate surface area is 168 Å². The van der Waals surface area contributed by atoms with Gasteiger partial charge in [0.25, 0.3) is 5.91 Å². The highest BCUT2D eigenvalue weighted by atomic mass is 16.3. The maximum Gasteiger partial charge on any atom is 0.253 e. The molecule has 0 N–H and O–H groups in total. The summed E-state index contributed by atoms with van der Waals surface area (Å²) in [7, 11) is 0. The number of hydrogen-bond donors (Lipinski definition) is 0. The Bertz CT molecular complexity index is 1150. The second-order valence-electron chi connectivity index (χ2n) is 7.41. The van der Waals surface area contributed by atoms with Gasteiger partial charge in [0, 0.05) is 24.8 Å². The van der Waals surface area contributed by atoms with Crippen LogP contribution < -0.4 is 0 Å². The average Bonchev–Trinajstić information content (AvgIpc) is 3.52. The molecule has 1 aliphatic rings. The molecule has 5 rings (SSSR count). The van der Waals surface area contributed by atoms with Gasteiger partial charge in [-0.3, -0.25) is 4.79 Å². The predicted octanol–water partition coefficient (Wildman–Crippen LogP) is 4.34.